The van der Waals surface area contributed by atoms with E-state index in [2.05, 4.69) is 19.9 Å². The van der Waals surface area contributed by atoms with Crippen LogP contribution in [-0.2, 0) is 10.9 Å². The van der Waals surface area contributed by atoms with Crippen LogP contribution in [0.1, 0.15) is 33.7 Å². The number of alkyl halides is 3. The Morgan fingerprint density at radius 3 is 2.63 bits per heavy atom. The Morgan fingerprint density at radius 2 is 1.92 bits per heavy atom. The molecule has 202 valence electrons. The van der Waals surface area contributed by atoms with Gasteiger partial charge >= 0.3 is 6.18 Å². The normalized spacial score (nSPS) is 17.4. The number of fused-ring (bicyclic) bond motifs is 3. The van der Waals surface area contributed by atoms with Crippen molar-refractivity contribution in [1.82, 2.24) is 14.8 Å². The number of carbonyl (C=O) groups is 1. The molecule has 0 saturated carbocycles. The van der Waals surface area contributed by atoms with Gasteiger partial charge in [0.1, 0.15) is 22.9 Å². The number of aliphatic imine (C=N–C) groups is 2. The molecular formula is C25H27F3N6O4. The molecule has 5 rings (SSSR count). The minimum Gasteiger partial charge on any atom is -0.491 e. The first-order valence-corrected chi connectivity index (χ1v) is 12.2. The number of rotatable bonds is 8. The molecule has 3 aliphatic rings. The van der Waals surface area contributed by atoms with E-state index in [9.17, 15) is 18.0 Å². The average Bonchev–Trinajstić information content (AvgIpc) is 3.40. The fourth-order valence-corrected chi connectivity index (χ4v) is 4.67. The van der Waals surface area contributed by atoms with Crippen LogP contribution >= 0.6 is 0 Å². The monoisotopic (exact) mass is 532 g/mol. The van der Waals surface area contributed by atoms with Crippen LogP contribution in [-0.4, -0.2) is 92.0 Å². The zero-order valence-electron chi connectivity index (χ0n) is 20.8. The molecule has 1 saturated heterocycles. The summed E-state index contributed by atoms with van der Waals surface area (Å²) >= 11 is 0. The van der Waals surface area contributed by atoms with Crippen LogP contribution in [0.5, 0.6) is 11.5 Å². The third-order valence-electron chi connectivity index (χ3n) is 6.50. The van der Waals surface area contributed by atoms with Gasteiger partial charge in [0.15, 0.2) is 17.3 Å². The van der Waals surface area contributed by atoms with Crippen LogP contribution in [0.15, 0.2) is 34.3 Å². The molecule has 1 aromatic carbocycles. The van der Waals surface area contributed by atoms with E-state index in [0.29, 0.717) is 48.3 Å². The Hall–Kier alpha value is -3.71. The quantitative estimate of drug-likeness (QED) is 0.520. The molecule has 0 unspecified atom stereocenters. The van der Waals surface area contributed by atoms with Crippen LogP contribution in [0.3, 0.4) is 0 Å². The van der Waals surface area contributed by atoms with Gasteiger partial charge in [0.2, 0.25) is 0 Å². The highest BCUT2D eigenvalue weighted by molar-refractivity contribution is 6.22. The standard InChI is InChI=1S/C25H27F3N6O4/c1-36-21-17(38-12-2-8-33-10-13-37-14-11-33)5-3-16-19(21)32-24(34-9-7-30-23(16)34)20-15(22(29)35)4-6-18(31-20)25(26,27)28/h3-6H,2,7-14H2,1H3,(H2,29,35). The lowest BCUT2D eigenvalue weighted by atomic mass is 10.0. The number of ether oxygens (including phenoxy) is 3. The Bertz CT molecular complexity index is 1290. The molecule has 4 heterocycles. The Morgan fingerprint density at radius 1 is 1.13 bits per heavy atom. The summed E-state index contributed by atoms with van der Waals surface area (Å²) in [5, 5.41) is 0. The highest BCUT2D eigenvalue weighted by Crippen LogP contribution is 2.44. The number of hydrogen-bond acceptors (Lipinski definition) is 9. The first kappa shape index (κ1) is 25.9. The molecule has 0 radical (unpaired) electrons. The van der Waals surface area contributed by atoms with Crippen LogP contribution in [0.4, 0.5) is 18.9 Å². The number of nitrogens with zero attached hydrogens (tertiary/aromatic N) is 5. The van der Waals surface area contributed by atoms with Gasteiger partial charge in [-0.15, -0.1) is 0 Å². The predicted octanol–water partition coefficient (Wildman–Crippen LogP) is 2.46. The lowest BCUT2D eigenvalue weighted by Crippen LogP contribution is -2.40. The van der Waals surface area contributed by atoms with Crippen molar-refractivity contribution in [2.24, 2.45) is 15.7 Å². The second-order valence-corrected chi connectivity index (χ2v) is 8.90. The smallest absolute Gasteiger partial charge is 0.433 e. The third-order valence-corrected chi connectivity index (χ3v) is 6.50. The van der Waals surface area contributed by atoms with Gasteiger partial charge in [-0.25, -0.2) is 9.98 Å². The number of amidine groups is 2. The van der Waals surface area contributed by atoms with Gasteiger partial charge in [0, 0.05) is 31.7 Å². The minimum atomic E-state index is -4.72. The van der Waals surface area contributed by atoms with E-state index >= 15 is 0 Å². The van der Waals surface area contributed by atoms with Gasteiger partial charge in [-0.2, -0.15) is 13.2 Å². The predicted molar refractivity (Wildman–Crippen MR) is 132 cm³/mol. The topological polar surface area (TPSA) is 115 Å². The van der Waals surface area contributed by atoms with Crippen LogP contribution in [0.25, 0.3) is 0 Å². The van der Waals surface area contributed by atoms with Crippen molar-refractivity contribution in [3.05, 3.63) is 46.8 Å². The molecule has 13 heteroatoms. The third kappa shape index (κ3) is 5.03. The van der Waals surface area contributed by atoms with Crippen LogP contribution < -0.4 is 15.2 Å². The van der Waals surface area contributed by atoms with Gasteiger partial charge in [0.25, 0.3) is 5.91 Å². The van der Waals surface area contributed by atoms with Gasteiger partial charge in [0.05, 0.1) is 39.0 Å². The molecule has 10 nitrogen and oxygen atoms in total. The molecular weight excluding hydrogens is 505 g/mol. The highest BCUT2D eigenvalue weighted by Gasteiger charge is 2.38. The van der Waals surface area contributed by atoms with Crippen molar-refractivity contribution in [3.63, 3.8) is 0 Å². The molecule has 3 aliphatic heterocycles. The zero-order valence-corrected chi connectivity index (χ0v) is 20.8. The Balaban J connectivity index is 1.50. The maximum atomic E-state index is 13.5. The first-order chi connectivity index (χ1) is 18.3. The average molecular weight is 533 g/mol. The molecule has 38 heavy (non-hydrogen) atoms. The second-order valence-electron chi connectivity index (χ2n) is 8.90. The molecule has 1 amide bonds. The molecule has 0 bridgehead atoms. The maximum absolute atomic E-state index is 13.5. The van der Waals surface area contributed by atoms with E-state index < -0.39 is 17.8 Å². The van der Waals surface area contributed by atoms with E-state index in [0.717, 1.165) is 51.4 Å². The number of benzene rings is 1. The summed E-state index contributed by atoms with van der Waals surface area (Å²) in [6.45, 7) is 5.24. The number of hydrogen-bond donors (Lipinski definition) is 1. The van der Waals surface area contributed by atoms with Crippen molar-refractivity contribution in [1.29, 1.82) is 0 Å². The number of halogens is 3. The van der Waals surface area contributed by atoms with E-state index in [1.54, 1.807) is 17.0 Å². The lowest BCUT2D eigenvalue weighted by Gasteiger charge is -2.29. The summed E-state index contributed by atoms with van der Waals surface area (Å²) in [6.07, 6.45) is -3.94. The Kier molecular flexibility index (Phi) is 7.21. The minimum absolute atomic E-state index is 0.0383. The van der Waals surface area contributed by atoms with E-state index in [1.165, 1.54) is 7.11 Å². The summed E-state index contributed by atoms with van der Waals surface area (Å²) in [6, 6.07) is 5.30. The first-order valence-electron chi connectivity index (χ1n) is 12.2. The number of primary amides is 1. The largest absolute Gasteiger partial charge is 0.491 e. The van der Waals surface area contributed by atoms with Crippen molar-refractivity contribution in [2.45, 2.75) is 12.6 Å². The van der Waals surface area contributed by atoms with E-state index in [-0.39, 0.29) is 17.1 Å². The molecule has 2 N–H and O–H groups in total. The molecule has 0 atom stereocenters. The number of morpholine rings is 1. The molecule has 0 spiro atoms. The summed E-state index contributed by atoms with van der Waals surface area (Å²) in [4.78, 5) is 29.0. The van der Waals surface area contributed by atoms with Gasteiger partial charge in [-0.05, 0) is 30.7 Å². The SMILES string of the molecule is COc1c(OCCCN2CCOCC2)ccc2c1N=C(c1nc(C(F)(F)F)ccc1C(N)=O)N1CCN=C21. The Labute approximate surface area is 216 Å². The van der Waals surface area contributed by atoms with Crippen LogP contribution in [0, 0.1) is 0 Å². The number of methoxy groups -OCH3 is 1. The van der Waals surface area contributed by atoms with Crippen molar-refractivity contribution in [3.8, 4) is 11.5 Å². The summed E-state index contributed by atoms with van der Waals surface area (Å²) in [7, 11) is 1.46. The number of pyridine rings is 1. The molecule has 1 aromatic heterocycles. The maximum Gasteiger partial charge on any atom is 0.433 e. The van der Waals surface area contributed by atoms with E-state index in [1.807, 2.05) is 0 Å². The number of aromatic nitrogens is 1. The lowest BCUT2D eigenvalue weighted by molar-refractivity contribution is -0.141. The van der Waals surface area contributed by atoms with Gasteiger partial charge in [-0.3, -0.25) is 14.7 Å². The summed E-state index contributed by atoms with van der Waals surface area (Å²) < 4.78 is 57.6. The van der Waals surface area contributed by atoms with Crippen LogP contribution in [0.2, 0.25) is 0 Å². The summed E-state index contributed by atoms with van der Waals surface area (Å²) in [5.41, 5.74) is 4.85. The molecule has 1 fully saturated rings. The molecule has 2 aromatic rings. The van der Waals surface area contributed by atoms with Gasteiger partial charge in [-0.1, -0.05) is 0 Å². The number of carbonyl (C=O) groups excluding carboxylic acids is 1. The molecule has 0 aliphatic carbocycles. The number of nitrogens with two attached hydrogens (primary N) is 1. The summed E-state index contributed by atoms with van der Waals surface area (Å²) in [5.74, 6) is 0.369. The van der Waals surface area contributed by atoms with Crippen molar-refractivity contribution < 1.29 is 32.2 Å². The fraction of sp³-hybridized carbons (Fsp3) is 0.440. The fourth-order valence-electron chi connectivity index (χ4n) is 4.67. The van der Waals surface area contributed by atoms with E-state index in [4.69, 9.17) is 19.9 Å². The zero-order chi connectivity index (χ0) is 26.9. The van der Waals surface area contributed by atoms with Crippen molar-refractivity contribution >= 4 is 23.3 Å². The van der Waals surface area contributed by atoms with Gasteiger partial charge < -0.3 is 24.8 Å². The van der Waals surface area contributed by atoms with Crippen molar-refractivity contribution in [2.75, 3.05) is 59.7 Å². The second kappa shape index (κ2) is 10.6. The highest BCUT2D eigenvalue weighted by atomic mass is 19.4. The number of amides is 1.